The van der Waals surface area contributed by atoms with Crippen LogP contribution in [-0.2, 0) is 4.79 Å². The summed E-state index contributed by atoms with van der Waals surface area (Å²) >= 11 is 1.58. The van der Waals surface area contributed by atoms with Crippen LogP contribution in [0.3, 0.4) is 0 Å². The molecule has 1 saturated heterocycles. The fourth-order valence-electron chi connectivity index (χ4n) is 2.51. The lowest BCUT2D eigenvalue weighted by atomic mass is 10.1. The van der Waals surface area contributed by atoms with Gasteiger partial charge in [-0.2, -0.15) is 0 Å². The molecule has 8 heteroatoms. The van der Waals surface area contributed by atoms with Crippen LogP contribution < -0.4 is 5.32 Å². The average Bonchev–Trinajstić information content (AvgIpc) is 3.19. The van der Waals surface area contributed by atoms with Crippen molar-refractivity contribution in [1.82, 2.24) is 20.4 Å². The number of aryl methyl sites for hydroxylation is 1. The second kappa shape index (κ2) is 6.80. The highest BCUT2D eigenvalue weighted by Crippen LogP contribution is 2.25. The van der Waals surface area contributed by atoms with Crippen LogP contribution in [0.4, 0.5) is 0 Å². The molecule has 2 amide bonds. The van der Waals surface area contributed by atoms with Gasteiger partial charge in [0.25, 0.3) is 11.6 Å². The molecule has 3 rings (SSSR count). The minimum atomic E-state index is -0.444. The molecule has 1 aliphatic rings. The second-order valence-corrected chi connectivity index (χ2v) is 7.27. The van der Waals surface area contributed by atoms with Crippen LogP contribution in [0.5, 0.6) is 0 Å². The van der Waals surface area contributed by atoms with E-state index >= 15 is 0 Å². The molecule has 0 radical (unpaired) electrons. The Morgan fingerprint density at radius 2 is 2.29 bits per heavy atom. The van der Waals surface area contributed by atoms with Gasteiger partial charge >= 0.3 is 0 Å². The molecule has 0 aromatic carbocycles. The van der Waals surface area contributed by atoms with Gasteiger partial charge in [-0.05, 0) is 18.9 Å². The zero-order valence-corrected chi connectivity index (χ0v) is 14.7. The number of fused-ring (bicyclic) bond motifs is 1. The van der Waals surface area contributed by atoms with Crippen molar-refractivity contribution in [3.63, 3.8) is 0 Å². The molecule has 3 heterocycles. The van der Waals surface area contributed by atoms with Gasteiger partial charge in [0.2, 0.25) is 5.91 Å². The van der Waals surface area contributed by atoms with Crippen molar-refractivity contribution in [3.8, 4) is 0 Å². The van der Waals surface area contributed by atoms with E-state index in [0.717, 1.165) is 0 Å². The number of amides is 2. The van der Waals surface area contributed by atoms with Crippen LogP contribution in [0, 0.1) is 12.8 Å². The number of rotatable bonds is 4. The number of carbonyl (C=O) groups excluding carboxylic acids is 2. The molecule has 1 atom stereocenters. The maximum Gasteiger partial charge on any atom is 0.257 e. The van der Waals surface area contributed by atoms with Crippen molar-refractivity contribution in [3.05, 3.63) is 23.5 Å². The van der Waals surface area contributed by atoms with Gasteiger partial charge in [-0.15, -0.1) is 11.8 Å². The molecule has 24 heavy (non-hydrogen) atoms. The van der Waals surface area contributed by atoms with Crippen LogP contribution in [0.2, 0.25) is 0 Å². The van der Waals surface area contributed by atoms with Crippen LogP contribution in [0.25, 0.3) is 11.1 Å². The summed E-state index contributed by atoms with van der Waals surface area (Å²) in [5.74, 6) is 1.18. The normalized spacial score (nSPS) is 17.7. The van der Waals surface area contributed by atoms with E-state index in [1.54, 1.807) is 29.7 Å². The number of thioether (sulfide) groups is 1. The third kappa shape index (κ3) is 3.24. The predicted molar refractivity (Wildman–Crippen MR) is 91.7 cm³/mol. The smallest absolute Gasteiger partial charge is 0.257 e. The van der Waals surface area contributed by atoms with Gasteiger partial charge in [0.05, 0.1) is 22.5 Å². The summed E-state index contributed by atoms with van der Waals surface area (Å²) in [5.41, 5.74) is 1.54. The van der Waals surface area contributed by atoms with Gasteiger partial charge in [0, 0.05) is 18.5 Å². The van der Waals surface area contributed by atoms with Gasteiger partial charge < -0.3 is 14.7 Å². The Bertz CT molecular complexity index is 774. The number of hydrogen-bond acceptors (Lipinski definition) is 6. The van der Waals surface area contributed by atoms with Gasteiger partial charge in [-0.3, -0.25) is 9.59 Å². The maximum absolute atomic E-state index is 12.8. The first-order valence-corrected chi connectivity index (χ1v) is 9.01. The number of aromatic nitrogens is 2. The molecule has 2 aromatic rings. The van der Waals surface area contributed by atoms with Crippen LogP contribution in [-0.4, -0.2) is 51.1 Å². The largest absolute Gasteiger partial charge is 0.354 e. The van der Waals surface area contributed by atoms with E-state index in [9.17, 15) is 9.59 Å². The maximum atomic E-state index is 12.8. The van der Waals surface area contributed by atoms with Gasteiger partial charge in [0.15, 0.2) is 0 Å². The monoisotopic (exact) mass is 348 g/mol. The Kier molecular flexibility index (Phi) is 4.75. The molecule has 2 aromatic heterocycles. The van der Waals surface area contributed by atoms with E-state index in [4.69, 9.17) is 4.52 Å². The molecular weight excluding hydrogens is 328 g/mol. The summed E-state index contributed by atoms with van der Waals surface area (Å²) in [6.45, 7) is 6.48. The highest BCUT2D eigenvalue weighted by molar-refractivity contribution is 7.99. The van der Waals surface area contributed by atoms with Crippen LogP contribution in [0.15, 0.2) is 16.8 Å². The van der Waals surface area contributed by atoms with E-state index in [0.29, 0.717) is 46.4 Å². The predicted octanol–water partition coefficient (Wildman–Crippen LogP) is 1.82. The Balaban J connectivity index is 1.79. The summed E-state index contributed by atoms with van der Waals surface area (Å²) < 4.78 is 5.07. The van der Waals surface area contributed by atoms with Crippen molar-refractivity contribution in [1.29, 1.82) is 0 Å². The highest BCUT2D eigenvalue weighted by Gasteiger charge is 2.35. The zero-order chi connectivity index (χ0) is 17.3. The van der Waals surface area contributed by atoms with E-state index in [2.05, 4.69) is 15.5 Å². The molecule has 0 bridgehead atoms. The third-order valence-electron chi connectivity index (χ3n) is 3.89. The molecule has 0 saturated carbocycles. The lowest BCUT2D eigenvalue weighted by Gasteiger charge is -2.23. The SMILES string of the molecule is Cc1noc2ncc(C(=O)N3CSC[C@H]3C(=O)NCC(C)C)cc12. The van der Waals surface area contributed by atoms with Gasteiger partial charge in [0.1, 0.15) is 6.04 Å². The van der Waals surface area contributed by atoms with E-state index in [1.807, 2.05) is 13.8 Å². The molecule has 0 aliphatic carbocycles. The van der Waals surface area contributed by atoms with E-state index in [1.165, 1.54) is 6.20 Å². The Labute approximate surface area is 144 Å². The van der Waals surface area contributed by atoms with Crippen molar-refractivity contribution in [2.45, 2.75) is 26.8 Å². The number of pyridine rings is 1. The summed E-state index contributed by atoms with van der Waals surface area (Å²) in [6, 6.07) is 1.28. The van der Waals surface area contributed by atoms with Crippen molar-refractivity contribution in [2.24, 2.45) is 5.92 Å². The highest BCUT2D eigenvalue weighted by atomic mass is 32.2. The minimum Gasteiger partial charge on any atom is -0.354 e. The molecule has 0 spiro atoms. The lowest BCUT2D eigenvalue weighted by Crippen LogP contribution is -2.48. The third-order valence-corrected chi connectivity index (χ3v) is 4.90. The molecular formula is C16H20N4O3S. The molecule has 0 unspecified atom stereocenters. The number of hydrogen-bond donors (Lipinski definition) is 1. The van der Waals surface area contributed by atoms with Crippen molar-refractivity contribution >= 4 is 34.7 Å². The van der Waals surface area contributed by atoms with E-state index < -0.39 is 6.04 Å². The summed E-state index contributed by atoms with van der Waals surface area (Å²) in [7, 11) is 0. The minimum absolute atomic E-state index is 0.0998. The first-order chi connectivity index (χ1) is 11.5. The zero-order valence-electron chi connectivity index (χ0n) is 13.9. The fourth-order valence-corrected chi connectivity index (χ4v) is 3.66. The first-order valence-electron chi connectivity index (χ1n) is 7.86. The molecule has 128 valence electrons. The molecule has 1 N–H and O–H groups in total. The second-order valence-electron chi connectivity index (χ2n) is 6.27. The molecule has 7 nitrogen and oxygen atoms in total. The molecule has 1 aliphatic heterocycles. The number of nitrogens with zero attached hydrogens (tertiary/aromatic N) is 3. The summed E-state index contributed by atoms with van der Waals surface area (Å²) in [4.78, 5) is 30.9. The molecule has 1 fully saturated rings. The van der Waals surface area contributed by atoms with Gasteiger partial charge in [-0.25, -0.2) is 4.98 Å². The standard InChI is InChI=1S/C16H20N4O3S/c1-9(2)5-17-14(21)13-7-24-8-20(13)16(22)11-4-12-10(3)19-23-15(12)18-6-11/h4,6,9,13H,5,7-8H2,1-3H3,(H,17,21)/t13-/m0/s1. The van der Waals surface area contributed by atoms with Crippen LogP contribution >= 0.6 is 11.8 Å². The Hall–Kier alpha value is -2.09. The first kappa shape index (κ1) is 16.8. The van der Waals surface area contributed by atoms with Gasteiger partial charge in [-0.1, -0.05) is 19.0 Å². The Morgan fingerprint density at radius 3 is 3.04 bits per heavy atom. The van der Waals surface area contributed by atoms with E-state index in [-0.39, 0.29) is 11.8 Å². The van der Waals surface area contributed by atoms with Crippen LogP contribution in [0.1, 0.15) is 29.9 Å². The van der Waals surface area contributed by atoms with Crippen molar-refractivity contribution < 1.29 is 14.1 Å². The topological polar surface area (TPSA) is 88.3 Å². The quantitative estimate of drug-likeness (QED) is 0.907. The fraction of sp³-hybridized carbons (Fsp3) is 0.500. The number of carbonyl (C=O) groups is 2. The lowest BCUT2D eigenvalue weighted by molar-refractivity contribution is -0.124. The summed E-state index contributed by atoms with van der Waals surface area (Å²) in [6.07, 6.45) is 1.47. The summed E-state index contributed by atoms with van der Waals surface area (Å²) in [5, 5.41) is 7.47. The Morgan fingerprint density at radius 1 is 1.50 bits per heavy atom. The van der Waals surface area contributed by atoms with Crippen molar-refractivity contribution in [2.75, 3.05) is 18.2 Å². The average molecular weight is 348 g/mol. The number of nitrogens with one attached hydrogen (secondary N) is 1.